The monoisotopic (exact) mass is 573 g/mol. The number of nitro benzene ring substituents is 2. The number of rotatable bonds is 5. The maximum Gasteiger partial charge on any atom is 0.301 e. The normalized spacial score (nSPS) is 11.9. The molecule has 2 aromatic rings. The van der Waals surface area contributed by atoms with E-state index >= 15 is 0 Å². The zero-order valence-corrected chi connectivity index (χ0v) is 18.1. The second-order valence-electron chi connectivity index (χ2n) is 4.84. The van der Waals surface area contributed by atoms with E-state index in [0.29, 0.717) is 13.7 Å². The molecule has 138 valence electrons. The SMILES string of the molecule is CC(C(=O)Nc1c([N+](=O)[O-])cc(Cl)cc1[N+](=O)[O-])n1nc(Br)c(Br)c1Br. The van der Waals surface area contributed by atoms with Crippen LogP contribution in [0.1, 0.15) is 13.0 Å². The van der Waals surface area contributed by atoms with Crippen LogP contribution in [0.3, 0.4) is 0 Å². The van der Waals surface area contributed by atoms with Crippen molar-refractivity contribution in [2.24, 2.45) is 0 Å². The van der Waals surface area contributed by atoms with Gasteiger partial charge in [-0.2, -0.15) is 5.10 Å². The first-order chi connectivity index (χ1) is 12.0. The van der Waals surface area contributed by atoms with Gasteiger partial charge in [0.15, 0.2) is 5.69 Å². The summed E-state index contributed by atoms with van der Waals surface area (Å²) in [5.41, 5.74) is -1.93. The van der Waals surface area contributed by atoms with Crippen LogP contribution in [-0.4, -0.2) is 25.5 Å². The fraction of sp³-hybridized carbons (Fsp3) is 0.167. The van der Waals surface area contributed by atoms with Crippen LogP contribution in [0.5, 0.6) is 0 Å². The number of anilines is 1. The van der Waals surface area contributed by atoms with Crippen molar-refractivity contribution >= 4 is 82.4 Å². The van der Waals surface area contributed by atoms with Gasteiger partial charge in [0, 0.05) is 12.1 Å². The minimum absolute atomic E-state index is 0.197. The zero-order valence-electron chi connectivity index (χ0n) is 12.6. The van der Waals surface area contributed by atoms with Crippen molar-refractivity contribution in [2.75, 3.05) is 5.32 Å². The number of carbonyl (C=O) groups is 1. The van der Waals surface area contributed by atoms with E-state index in [1.54, 1.807) is 0 Å². The average Bonchev–Trinajstić information content (AvgIpc) is 2.82. The van der Waals surface area contributed by atoms with E-state index in [1.807, 2.05) is 0 Å². The summed E-state index contributed by atoms with van der Waals surface area (Å²) in [6, 6.07) is 0.902. The molecule has 1 aromatic carbocycles. The summed E-state index contributed by atoms with van der Waals surface area (Å²) in [4.78, 5) is 33.2. The Morgan fingerprint density at radius 2 is 1.73 bits per heavy atom. The third-order valence-electron chi connectivity index (χ3n) is 3.21. The number of aromatic nitrogens is 2. The molecule has 14 heteroatoms. The van der Waals surface area contributed by atoms with Crippen LogP contribution in [0.25, 0.3) is 0 Å². The minimum Gasteiger partial charge on any atom is -0.313 e. The van der Waals surface area contributed by atoms with Crippen LogP contribution in [-0.2, 0) is 4.79 Å². The molecule has 0 aliphatic carbocycles. The van der Waals surface area contributed by atoms with Crippen LogP contribution in [0.4, 0.5) is 17.1 Å². The van der Waals surface area contributed by atoms with Crippen molar-refractivity contribution < 1.29 is 14.6 Å². The molecule has 0 fully saturated rings. The molecule has 1 N–H and O–H groups in total. The smallest absolute Gasteiger partial charge is 0.301 e. The summed E-state index contributed by atoms with van der Waals surface area (Å²) < 4.78 is 2.71. The van der Waals surface area contributed by atoms with Crippen molar-refractivity contribution in [3.05, 3.63) is 51.1 Å². The van der Waals surface area contributed by atoms with Crippen molar-refractivity contribution in [1.82, 2.24) is 9.78 Å². The summed E-state index contributed by atoms with van der Waals surface area (Å²) in [5, 5.41) is 28.5. The van der Waals surface area contributed by atoms with Crippen LogP contribution in [0.15, 0.2) is 25.8 Å². The van der Waals surface area contributed by atoms with Gasteiger partial charge in [-0.05, 0) is 54.7 Å². The van der Waals surface area contributed by atoms with Crippen LogP contribution < -0.4 is 5.32 Å². The molecule has 0 bridgehead atoms. The molecule has 0 spiro atoms. The fourth-order valence-corrected chi connectivity index (χ4v) is 3.62. The van der Waals surface area contributed by atoms with E-state index in [1.165, 1.54) is 11.6 Å². The minimum atomic E-state index is -0.943. The largest absolute Gasteiger partial charge is 0.313 e. The molecule has 26 heavy (non-hydrogen) atoms. The summed E-state index contributed by atoms with van der Waals surface area (Å²) in [7, 11) is 0. The lowest BCUT2D eigenvalue weighted by Gasteiger charge is -2.14. The third-order valence-corrected chi connectivity index (χ3v) is 6.56. The second-order valence-corrected chi connectivity index (χ2v) is 7.57. The number of carbonyl (C=O) groups excluding carboxylic acids is 1. The Bertz CT molecular complexity index is 899. The molecular weight excluding hydrogens is 569 g/mol. The number of amides is 1. The maximum atomic E-state index is 12.5. The molecule has 1 atom stereocenters. The fourth-order valence-electron chi connectivity index (χ4n) is 1.96. The van der Waals surface area contributed by atoms with Crippen molar-refractivity contribution in [1.29, 1.82) is 0 Å². The van der Waals surface area contributed by atoms with Gasteiger partial charge in [-0.1, -0.05) is 11.6 Å². The number of nitrogens with one attached hydrogen (secondary N) is 1. The van der Waals surface area contributed by atoms with Crippen molar-refractivity contribution in [3.8, 4) is 0 Å². The highest BCUT2D eigenvalue weighted by Gasteiger charge is 2.30. The Kier molecular flexibility index (Phi) is 6.37. The van der Waals surface area contributed by atoms with Crippen LogP contribution >= 0.6 is 59.4 Å². The summed E-state index contributed by atoms with van der Waals surface area (Å²) in [6.45, 7) is 1.47. The van der Waals surface area contributed by atoms with E-state index in [9.17, 15) is 25.0 Å². The molecule has 1 aromatic heterocycles. The van der Waals surface area contributed by atoms with Crippen LogP contribution in [0.2, 0.25) is 5.02 Å². The van der Waals surface area contributed by atoms with Gasteiger partial charge >= 0.3 is 11.4 Å². The van der Waals surface area contributed by atoms with Crippen LogP contribution in [0, 0.1) is 20.2 Å². The molecule has 2 rings (SSSR count). The summed E-state index contributed by atoms with van der Waals surface area (Å²) >= 11 is 15.4. The Labute approximate surface area is 175 Å². The molecular formula is C12H7Br3ClN5O5. The van der Waals surface area contributed by atoms with E-state index < -0.39 is 38.9 Å². The zero-order chi connectivity index (χ0) is 19.8. The number of hydrogen-bond acceptors (Lipinski definition) is 6. The third kappa shape index (κ3) is 4.05. The van der Waals surface area contributed by atoms with Gasteiger partial charge in [0.1, 0.15) is 15.2 Å². The summed E-state index contributed by atoms with van der Waals surface area (Å²) in [6.07, 6.45) is 0. The highest BCUT2D eigenvalue weighted by atomic mass is 79.9. The molecule has 0 saturated heterocycles. The Morgan fingerprint density at radius 1 is 1.23 bits per heavy atom. The standard InChI is InChI=1S/C12H7Br3ClN5O5/c1-4(19-11(15)8(13)10(14)18-19)12(22)17-9-6(20(23)24)2-5(16)3-7(9)21(25)26/h2-4H,1H3,(H,17,22). The predicted molar refractivity (Wildman–Crippen MR) is 103 cm³/mol. The van der Waals surface area contributed by atoms with Gasteiger partial charge in [-0.3, -0.25) is 25.0 Å². The lowest BCUT2D eigenvalue weighted by molar-refractivity contribution is -0.392. The highest BCUT2D eigenvalue weighted by Crippen LogP contribution is 2.38. The lowest BCUT2D eigenvalue weighted by Crippen LogP contribution is -2.25. The molecule has 1 amide bonds. The Balaban J connectivity index is 2.46. The number of hydrogen-bond donors (Lipinski definition) is 1. The molecule has 0 radical (unpaired) electrons. The average molecular weight is 576 g/mol. The molecule has 0 aliphatic rings. The maximum absolute atomic E-state index is 12.5. The quantitative estimate of drug-likeness (QED) is 0.400. The van der Waals surface area contributed by atoms with E-state index in [4.69, 9.17) is 11.6 Å². The lowest BCUT2D eigenvalue weighted by atomic mass is 10.2. The molecule has 10 nitrogen and oxygen atoms in total. The number of benzene rings is 1. The van der Waals surface area contributed by atoms with Gasteiger partial charge in [-0.25, -0.2) is 4.68 Å². The van der Waals surface area contributed by atoms with Crippen molar-refractivity contribution in [3.63, 3.8) is 0 Å². The molecule has 1 heterocycles. The first-order valence-electron chi connectivity index (χ1n) is 6.56. The van der Waals surface area contributed by atoms with E-state index in [0.717, 1.165) is 12.1 Å². The van der Waals surface area contributed by atoms with E-state index in [-0.39, 0.29) is 5.02 Å². The first-order valence-corrected chi connectivity index (χ1v) is 9.32. The molecule has 0 saturated carbocycles. The highest BCUT2D eigenvalue weighted by molar-refractivity contribution is 9.14. The first kappa shape index (κ1) is 20.7. The second kappa shape index (κ2) is 7.98. The van der Waals surface area contributed by atoms with Crippen molar-refractivity contribution in [2.45, 2.75) is 13.0 Å². The number of halogens is 4. The number of nitro groups is 2. The van der Waals surface area contributed by atoms with Gasteiger partial charge < -0.3 is 5.32 Å². The van der Waals surface area contributed by atoms with Gasteiger partial charge in [0.2, 0.25) is 5.91 Å². The molecule has 0 aliphatic heterocycles. The topological polar surface area (TPSA) is 133 Å². The Morgan fingerprint density at radius 3 is 2.12 bits per heavy atom. The predicted octanol–water partition coefficient (Wildman–Crippen LogP) is 4.84. The molecule has 1 unspecified atom stereocenters. The van der Waals surface area contributed by atoms with Gasteiger partial charge in [0.25, 0.3) is 0 Å². The van der Waals surface area contributed by atoms with Gasteiger partial charge in [0.05, 0.1) is 19.3 Å². The summed E-state index contributed by atoms with van der Waals surface area (Å²) in [5.74, 6) is -0.748. The van der Waals surface area contributed by atoms with E-state index in [2.05, 4.69) is 58.2 Å². The number of nitrogens with zero attached hydrogens (tertiary/aromatic N) is 4. The van der Waals surface area contributed by atoms with Gasteiger partial charge in [-0.15, -0.1) is 0 Å². The Hall–Kier alpha value is -1.57.